The zero-order valence-corrected chi connectivity index (χ0v) is 13.5. The van der Waals surface area contributed by atoms with Crippen molar-refractivity contribution < 1.29 is 4.42 Å². The van der Waals surface area contributed by atoms with Crippen molar-refractivity contribution in [2.24, 2.45) is 0 Å². The molecule has 4 aromatic rings. The molecule has 6 nitrogen and oxygen atoms in total. The Labute approximate surface area is 138 Å². The summed E-state index contributed by atoms with van der Waals surface area (Å²) in [6.07, 6.45) is 1.62. The molecule has 2 aromatic carbocycles. The number of benzene rings is 2. The molecule has 0 saturated heterocycles. The molecule has 0 atom stereocenters. The van der Waals surface area contributed by atoms with Gasteiger partial charge in [0.25, 0.3) is 0 Å². The Morgan fingerprint density at radius 2 is 1.96 bits per heavy atom. The molecule has 4 rings (SSSR count). The van der Waals surface area contributed by atoms with E-state index in [-0.39, 0.29) is 6.04 Å². The lowest BCUT2D eigenvalue weighted by Gasteiger charge is -2.05. The van der Waals surface area contributed by atoms with Crippen LogP contribution in [0.3, 0.4) is 0 Å². The lowest BCUT2D eigenvalue weighted by molar-refractivity contribution is 0.530. The van der Waals surface area contributed by atoms with E-state index in [0.717, 1.165) is 22.2 Å². The highest BCUT2D eigenvalue weighted by molar-refractivity contribution is 5.80. The van der Waals surface area contributed by atoms with Gasteiger partial charge in [0.2, 0.25) is 5.89 Å². The third-order valence-electron chi connectivity index (χ3n) is 3.95. The van der Waals surface area contributed by atoms with Crippen LogP contribution in [0.5, 0.6) is 0 Å². The quantitative estimate of drug-likeness (QED) is 0.579. The molecule has 0 aliphatic heterocycles. The summed E-state index contributed by atoms with van der Waals surface area (Å²) < 4.78 is 7.54. The molecule has 0 spiro atoms. The summed E-state index contributed by atoms with van der Waals surface area (Å²) in [5.74, 6) is 0.536. The second-order valence-electron chi connectivity index (χ2n) is 5.96. The van der Waals surface area contributed by atoms with Crippen molar-refractivity contribution in [1.82, 2.24) is 20.0 Å². The number of para-hydroxylation sites is 1. The maximum absolute atomic E-state index is 6.00. The predicted octanol–water partition coefficient (Wildman–Crippen LogP) is 3.92. The molecule has 2 N–H and O–H groups in total. The Morgan fingerprint density at radius 3 is 2.75 bits per heavy atom. The van der Waals surface area contributed by atoms with Crippen molar-refractivity contribution in [1.29, 1.82) is 0 Å². The Balaban J connectivity index is 1.75. The van der Waals surface area contributed by atoms with E-state index in [0.29, 0.717) is 17.3 Å². The maximum Gasteiger partial charge on any atom is 0.226 e. The molecule has 6 heteroatoms. The molecule has 120 valence electrons. The molecule has 0 bridgehead atoms. The van der Waals surface area contributed by atoms with Gasteiger partial charge in [0.05, 0.1) is 5.52 Å². The second kappa shape index (κ2) is 5.49. The SMILES string of the molecule is CC(C)n1nnc2cc(-c3nc(-c4ccccc4N)co3)ccc21. The third kappa shape index (κ3) is 2.32. The van der Waals surface area contributed by atoms with Crippen LogP contribution in [0.15, 0.2) is 53.1 Å². The number of nitrogens with two attached hydrogens (primary N) is 1. The van der Waals surface area contributed by atoms with Crippen LogP contribution in [0.1, 0.15) is 19.9 Å². The van der Waals surface area contributed by atoms with Gasteiger partial charge in [-0.05, 0) is 38.1 Å². The molecule has 0 saturated carbocycles. The first-order valence-corrected chi connectivity index (χ1v) is 7.79. The first kappa shape index (κ1) is 14.4. The highest BCUT2D eigenvalue weighted by Crippen LogP contribution is 2.29. The minimum Gasteiger partial charge on any atom is -0.444 e. The summed E-state index contributed by atoms with van der Waals surface area (Å²) in [7, 11) is 0. The van der Waals surface area contributed by atoms with Crippen LogP contribution in [0.25, 0.3) is 33.7 Å². The van der Waals surface area contributed by atoms with Crippen molar-refractivity contribution in [2.45, 2.75) is 19.9 Å². The highest BCUT2D eigenvalue weighted by Gasteiger charge is 2.13. The minimum absolute atomic E-state index is 0.259. The van der Waals surface area contributed by atoms with Crippen molar-refractivity contribution in [3.63, 3.8) is 0 Å². The fraction of sp³-hybridized carbons (Fsp3) is 0.167. The first-order chi connectivity index (χ1) is 11.6. The zero-order chi connectivity index (χ0) is 16.7. The fourth-order valence-corrected chi connectivity index (χ4v) is 2.72. The molecule has 0 fully saturated rings. The second-order valence-corrected chi connectivity index (χ2v) is 5.96. The molecule has 0 aliphatic carbocycles. The van der Waals surface area contributed by atoms with Crippen molar-refractivity contribution in [3.8, 4) is 22.7 Å². The summed E-state index contributed by atoms with van der Waals surface area (Å²) >= 11 is 0. The largest absolute Gasteiger partial charge is 0.444 e. The van der Waals surface area contributed by atoms with Crippen molar-refractivity contribution in [3.05, 3.63) is 48.7 Å². The minimum atomic E-state index is 0.259. The number of rotatable bonds is 3. The van der Waals surface area contributed by atoms with Gasteiger partial charge in [-0.1, -0.05) is 23.4 Å². The van der Waals surface area contributed by atoms with E-state index in [4.69, 9.17) is 10.2 Å². The smallest absolute Gasteiger partial charge is 0.226 e. The number of hydrogen-bond donors (Lipinski definition) is 1. The summed E-state index contributed by atoms with van der Waals surface area (Å²) in [6, 6.07) is 13.7. The van der Waals surface area contributed by atoms with Crippen LogP contribution in [0.4, 0.5) is 5.69 Å². The van der Waals surface area contributed by atoms with E-state index in [1.165, 1.54) is 0 Å². The third-order valence-corrected chi connectivity index (χ3v) is 3.95. The van der Waals surface area contributed by atoms with E-state index < -0.39 is 0 Å². The van der Waals surface area contributed by atoms with E-state index in [1.54, 1.807) is 6.26 Å². The number of fused-ring (bicyclic) bond motifs is 1. The average Bonchev–Trinajstić information content (AvgIpc) is 3.21. The Bertz CT molecular complexity index is 1020. The van der Waals surface area contributed by atoms with Crippen molar-refractivity contribution in [2.75, 3.05) is 5.73 Å². The molecular formula is C18H17N5O. The van der Waals surface area contributed by atoms with Gasteiger partial charge < -0.3 is 10.2 Å². The van der Waals surface area contributed by atoms with Gasteiger partial charge in [-0.15, -0.1) is 5.10 Å². The summed E-state index contributed by atoms with van der Waals surface area (Å²) in [5.41, 5.74) is 10.9. The van der Waals surface area contributed by atoms with Gasteiger partial charge in [0, 0.05) is 22.9 Å². The van der Waals surface area contributed by atoms with E-state index in [2.05, 4.69) is 29.1 Å². The lowest BCUT2D eigenvalue weighted by Crippen LogP contribution is -2.02. The number of nitrogen functional groups attached to an aromatic ring is 1. The van der Waals surface area contributed by atoms with Crippen LogP contribution < -0.4 is 5.73 Å². The molecule has 0 amide bonds. The Hall–Kier alpha value is -3.15. The molecule has 0 unspecified atom stereocenters. The van der Waals surface area contributed by atoms with Gasteiger partial charge in [-0.3, -0.25) is 0 Å². The summed E-state index contributed by atoms with van der Waals surface area (Å²) in [5, 5.41) is 8.42. The first-order valence-electron chi connectivity index (χ1n) is 7.79. The Kier molecular flexibility index (Phi) is 3.30. The fourth-order valence-electron chi connectivity index (χ4n) is 2.72. The van der Waals surface area contributed by atoms with E-state index >= 15 is 0 Å². The normalized spacial score (nSPS) is 11.5. The zero-order valence-electron chi connectivity index (χ0n) is 13.5. The Morgan fingerprint density at radius 1 is 1.12 bits per heavy atom. The van der Waals surface area contributed by atoms with E-state index in [9.17, 15) is 0 Å². The van der Waals surface area contributed by atoms with Crippen LogP contribution in [-0.4, -0.2) is 20.0 Å². The maximum atomic E-state index is 6.00. The number of aromatic nitrogens is 4. The molecule has 2 heterocycles. The molecule has 0 aliphatic rings. The molecular weight excluding hydrogens is 302 g/mol. The highest BCUT2D eigenvalue weighted by atomic mass is 16.3. The number of anilines is 1. The van der Waals surface area contributed by atoms with Gasteiger partial charge in [-0.25, -0.2) is 9.67 Å². The number of oxazole rings is 1. The van der Waals surface area contributed by atoms with Gasteiger partial charge in [-0.2, -0.15) is 0 Å². The van der Waals surface area contributed by atoms with E-state index in [1.807, 2.05) is 47.1 Å². The monoisotopic (exact) mass is 319 g/mol. The van der Waals surface area contributed by atoms with Crippen LogP contribution in [0, 0.1) is 0 Å². The van der Waals surface area contributed by atoms with Gasteiger partial charge in [0.1, 0.15) is 17.5 Å². The standard InChI is InChI=1S/C18H17N5O/c1-11(2)23-17-8-7-12(9-15(17)21-22-23)18-20-16(10-24-18)13-5-3-4-6-14(13)19/h3-11H,19H2,1-2H3. The average molecular weight is 319 g/mol. The van der Waals surface area contributed by atoms with Crippen LogP contribution in [-0.2, 0) is 0 Å². The summed E-state index contributed by atoms with van der Waals surface area (Å²) in [4.78, 5) is 4.56. The topological polar surface area (TPSA) is 82.8 Å². The number of hydrogen-bond acceptors (Lipinski definition) is 5. The van der Waals surface area contributed by atoms with Crippen molar-refractivity contribution >= 4 is 16.7 Å². The predicted molar refractivity (Wildman–Crippen MR) is 93.3 cm³/mol. The molecule has 2 aromatic heterocycles. The van der Waals surface area contributed by atoms with Crippen LogP contribution >= 0.6 is 0 Å². The lowest BCUT2D eigenvalue weighted by atomic mass is 10.1. The van der Waals surface area contributed by atoms with Gasteiger partial charge in [0.15, 0.2) is 0 Å². The van der Waals surface area contributed by atoms with Crippen LogP contribution in [0.2, 0.25) is 0 Å². The molecule has 24 heavy (non-hydrogen) atoms. The molecule has 0 radical (unpaired) electrons. The van der Waals surface area contributed by atoms with Gasteiger partial charge >= 0.3 is 0 Å². The number of nitrogens with zero attached hydrogens (tertiary/aromatic N) is 4. The summed E-state index contributed by atoms with van der Waals surface area (Å²) in [6.45, 7) is 4.15.